The van der Waals surface area contributed by atoms with Crippen LogP contribution in [0.3, 0.4) is 0 Å². The van der Waals surface area contributed by atoms with Crippen LogP contribution in [-0.4, -0.2) is 33.2 Å². The third-order valence-corrected chi connectivity index (χ3v) is 7.32. The van der Waals surface area contributed by atoms with E-state index < -0.39 is 4.92 Å². The Morgan fingerprint density at radius 3 is 2.57 bits per heavy atom. The van der Waals surface area contributed by atoms with Crippen molar-refractivity contribution in [2.45, 2.75) is 59.4 Å². The lowest BCUT2D eigenvalue weighted by Crippen LogP contribution is -2.16. The summed E-state index contributed by atoms with van der Waals surface area (Å²) >= 11 is 1.46. The van der Waals surface area contributed by atoms with Gasteiger partial charge in [0.25, 0.3) is 5.91 Å². The summed E-state index contributed by atoms with van der Waals surface area (Å²) in [7, 11) is 0. The second-order valence-electron chi connectivity index (χ2n) is 8.64. The summed E-state index contributed by atoms with van der Waals surface area (Å²) in [5.74, 6) is -0.683. The van der Waals surface area contributed by atoms with Gasteiger partial charge in [0.05, 0.1) is 23.6 Å². The lowest BCUT2D eigenvalue weighted by Gasteiger charge is -2.12. The van der Waals surface area contributed by atoms with Crippen molar-refractivity contribution >= 4 is 33.9 Å². The van der Waals surface area contributed by atoms with Crippen LogP contribution in [0, 0.1) is 24.0 Å². The third-order valence-electron chi connectivity index (χ3n) is 6.11. The monoisotopic (exact) mass is 496 g/mol. The molecule has 1 amide bonds. The predicted molar refractivity (Wildman–Crippen MR) is 133 cm³/mol. The van der Waals surface area contributed by atoms with Crippen molar-refractivity contribution in [3.05, 3.63) is 72.9 Å². The van der Waals surface area contributed by atoms with Crippen LogP contribution in [0.25, 0.3) is 0 Å². The Balaban J connectivity index is 1.51. The van der Waals surface area contributed by atoms with E-state index in [-0.39, 0.29) is 17.6 Å². The first-order valence-electron chi connectivity index (χ1n) is 11.7. The second-order valence-corrected chi connectivity index (χ2v) is 9.74. The number of amides is 1. The molecular formula is C25H28N4O5S. The minimum Gasteiger partial charge on any atom is -0.462 e. The van der Waals surface area contributed by atoms with Gasteiger partial charge in [0.15, 0.2) is 0 Å². The number of ether oxygens (including phenoxy) is 1. The number of carbonyl (C=O) groups is 2. The maximum atomic E-state index is 13.0. The molecule has 2 heterocycles. The highest BCUT2D eigenvalue weighted by atomic mass is 32.1. The van der Waals surface area contributed by atoms with Gasteiger partial charge >= 0.3 is 11.7 Å². The van der Waals surface area contributed by atoms with E-state index >= 15 is 0 Å². The molecule has 0 aliphatic heterocycles. The van der Waals surface area contributed by atoms with Crippen LogP contribution < -0.4 is 5.32 Å². The van der Waals surface area contributed by atoms with Crippen molar-refractivity contribution in [2.24, 2.45) is 0 Å². The number of carbonyl (C=O) groups excluding carboxylic acids is 2. The molecule has 1 aliphatic carbocycles. The molecule has 10 heteroatoms. The van der Waals surface area contributed by atoms with Gasteiger partial charge in [-0.15, -0.1) is 11.3 Å². The number of aromatic nitrogens is 2. The molecule has 1 N–H and O–H groups in total. The van der Waals surface area contributed by atoms with Gasteiger partial charge in [-0.05, 0) is 69.2 Å². The molecule has 184 valence electrons. The van der Waals surface area contributed by atoms with E-state index in [1.54, 1.807) is 42.8 Å². The molecule has 0 unspecified atom stereocenters. The summed E-state index contributed by atoms with van der Waals surface area (Å²) in [6.07, 6.45) is 4.55. The molecule has 0 atom stereocenters. The maximum Gasteiger partial charge on any atom is 0.341 e. The number of fused-ring (bicyclic) bond motifs is 1. The number of anilines is 1. The topological polar surface area (TPSA) is 116 Å². The zero-order valence-electron chi connectivity index (χ0n) is 20.1. The molecule has 3 aromatic rings. The number of nitrogens with zero attached hydrogens (tertiary/aromatic N) is 3. The molecule has 0 radical (unpaired) electrons. The highest BCUT2D eigenvalue weighted by Gasteiger charge is 2.27. The van der Waals surface area contributed by atoms with E-state index in [0.717, 1.165) is 48.1 Å². The van der Waals surface area contributed by atoms with Gasteiger partial charge in [0.2, 0.25) is 0 Å². The number of hydrogen-bond acceptors (Lipinski definition) is 7. The van der Waals surface area contributed by atoms with E-state index in [2.05, 4.69) is 10.4 Å². The number of nitro groups is 1. The number of nitrogens with one attached hydrogen (secondary N) is 1. The van der Waals surface area contributed by atoms with Crippen molar-refractivity contribution < 1.29 is 19.2 Å². The van der Waals surface area contributed by atoms with Crippen molar-refractivity contribution in [3.8, 4) is 0 Å². The maximum absolute atomic E-state index is 13.0. The highest BCUT2D eigenvalue weighted by molar-refractivity contribution is 7.17. The summed E-state index contributed by atoms with van der Waals surface area (Å²) in [6, 6.07) is 7.00. The van der Waals surface area contributed by atoms with Gasteiger partial charge in [-0.1, -0.05) is 19.1 Å². The Kier molecular flexibility index (Phi) is 7.30. The normalized spacial score (nSPS) is 12.8. The van der Waals surface area contributed by atoms with E-state index in [9.17, 15) is 19.7 Å². The number of esters is 1. The molecular weight excluding hydrogens is 468 g/mol. The van der Waals surface area contributed by atoms with E-state index in [0.29, 0.717) is 40.7 Å². The standard InChI is InChI=1S/C25H28N4O5S/c1-4-13-34-25(31)21-19-7-5-6-8-20(19)35-24(21)26-23(30)18-11-9-17(10-12-18)14-28-16(3)22(29(32)33)15(2)27-28/h9-12H,4-8,13-14H2,1-3H3,(H,26,30). The number of thiophene rings is 1. The summed E-state index contributed by atoms with van der Waals surface area (Å²) in [6.45, 7) is 5.93. The van der Waals surface area contributed by atoms with E-state index in [1.165, 1.54) is 11.3 Å². The quantitative estimate of drug-likeness (QED) is 0.260. The number of benzene rings is 1. The fourth-order valence-corrected chi connectivity index (χ4v) is 5.62. The molecule has 0 saturated carbocycles. The van der Waals surface area contributed by atoms with Crippen LogP contribution in [0.5, 0.6) is 0 Å². The zero-order valence-corrected chi connectivity index (χ0v) is 20.9. The molecule has 1 aromatic carbocycles. The molecule has 2 aromatic heterocycles. The molecule has 1 aliphatic rings. The smallest absolute Gasteiger partial charge is 0.341 e. The van der Waals surface area contributed by atoms with Crippen molar-refractivity contribution in [1.82, 2.24) is 9.78 Å². The summed E-state index contributed by atoms with van der Waals surface area (Å²) < 4.78 is 6.99. The van der Waals surface area contributed by atoms with E-state index in [4.69, 9.17) is 4.74 Å². The Morgan fingerprint density at radius 1 is 1.20 bits per heavy atom. The fourth-order valence-electron chi connectivity index (χ4n) is 4.35. The zero-order chi connectivity index (χ0) is 25.1. The van der Waals surface area contributed by atoms with Crippen LogP contribution in [0.15, 0.2) is 24.3 Å². The van der Waals surface area contributed by atoms with Crippen LogP contribution in [-0.2, 0) is 24.1 Å². The third kappa shape index (κ3) is 5.12. The summed E-state index contributed by atoms with van der Waals surface area (Å²) in [4.78, 5) is 37.7. The molecule has 35 heavy (non-hydrogen) atoms. The summed E-state index contributed by atoms with van der Waals surface area (Å²) in [5, 5.41) is 19.0. The van der Waals surface area contributed by atoms with Crippen molar-refractivity contribution in [2.75, 3.05) is 11.9 Å². The lowest BCUT2D eigenvalue weighted by atomic mass is 9.95. The van der Waals surface area contributed by atoms with Gasteiger partial charge in [-0.3, -0.25) is 19.6 Å². The van der Waals surface area contributed by atoms with Crippen LogP contribution in [0.1, 0.15) is 74.3 Å². The van der Waals surface area contributed by atoms with Crippen LogP contribution >= 0.6 is 11.3 Å². The van der Waals surface area contributed by atoms with Gasteiger partial charge in [0, 0.05) is 10.4 Å². The molecule has 0 saturated heterocycles. The predicted octanol–water partition coefficient (Wildman–Crippen LogP) is 5.22. The first-order valence-corrected chi connectivity index (χ1v) is 12.5. The second kappa shape index (κ2) is 10.4. The van der Waals surface area contributed by atoms with Gasteiger partial charge in [0.1, 0.15) is 16.4 Å². The van der Waals surface area contributed by atoms with Gasteiger partial charge in [-0.2, -0.15) is 5.10 Å². The molecule has 0 bridgehead atoms. The molecule has 4 rings (SSSR count). The Hall–Kier alpha value is -3.53. The number of rotatable bonds is 8. The van der Waals surface area contributed by atoms with Crippen LogP contribution in [0.2, 0.25) is 0 Å². The molecule has 9 nitrogen and oxygen atoms in total. The van der Waals surface area contributed by atoms with Crippen molar-refractivity contribution in [1.29, 1.82) is 0 Å². The largest absolute Gasteiger partial charge is 0.462 e. The van der Waals surface area contributed by atoms with Crippen molar-refractivity contribution in [3.63, 3.8) is 0 Å². The van der Waals surface area contributed by atoms with Crippen LogP contribution in [0.4, 0.5) is 10.7 Å². The Bertz CT molecular complexity index is 1280. The van der Waals surface area contributed by atoms with Gasteiger partial charge in [-0.25, -0.2) is 4.79 Å². The minimum atomic E-state index is -0.420. The fraction of sp³-hybridized carbons (Fsp3) is 0.400. The number of aryl methyl sites for hydroxylation is 2. The Labute approximate surface area is 207 Å². The summed E-state index contributed by atoms with van der Waals surface area (Å²) in [5.41, 5.74) is 3.69. The first-order chi connectivity index (χ1) is 16.8. The minimum absolute atomic E-state index is 0.0212. The van der Waals surface area contributed by atoms with E-state index in [1.807, 2.05) is 6.92 Å². The first kappa shape index (κ1) is 24.6. The molecule has 0 spiro atoms. The lowest BCUT2D eigenvalue weighted by molar-refractivity contribution is -0.386. The number of hydrogen-bond donors (Lipinski definition) is 1. The van der Waals surface area contributed by atoms with Gasteiger partial charge < -0.3 is 10.1 Å². The highest BCUT2D eigenvalue weighted by Crippen LogP contribution is 2.39. The SMILES string of the molecule is CCCOC(=O)c1c(NC(=O)c2ccc(Cn3nc(C)c([N+](=O)[O-])c3C)cc2)sc2c1CCCC2. The average molecular weight is 497 g/mol. The Morgan fingerprint density at radius 2 is 1.91 bits per heavy atom. The molecule has 0 fully saturated rings. The average Bonchev–Trinajstić information content (AvgIpc) is 3.33.